The molecule has 1 aliphatic heterocycles. The number of hydrogen-bond acceptors (Lipinski definition) is 1. The molecule has 1 saturated carbocycles. The van der Waals surface area contributed by atoms with Gasteiger partial charge >= 0.3 is 0 Å². The maximum atomic E-state index is 11.0. The quantitative estimate of drug-likeness (QED) is 0.540. The van der Waals surface area contributed by atoms with E-state index in [1.807, 2.05) is 0 Å². The normalized spacial score (nSPS) is 47.1. The first-order valence-corrected chi connectivity index (χ1v) is 4.28. The van der Waals surface area contributed by atoms with Crippen molar-refractivity contribution in [3.63, 3.8) is 0 Å². The zero-order valence-corrected chi connectivity index (χ0v) is 6.18. The van der Waals surface area contributed by atoms with Crippen LogP contribution in [0, 0.1) is 5.92 Å². The van der Waals surface area contributed by atoms with Crippen LogP contribution in [0.1, 0.15) is 32.1 Å². The molecule has 1 aliphatic carbocycles. The monoisotopic (exact) mass is 140 g/mol. The minimum atomic E-state index is -0.451. The fourth-order valence-corrected chi connectivity index (χ4v) is 2.29. The predicted molar refractivity (Wildman–Crippen MR) is 38.0 cm³/mol. The lowest BCUT2D eigenvalue weighted by Crippen LogP contribution is -2.32. The van der Waals surface area contributed by atoms with E-state index in [1.54, 1.807) is 0 Å². The molecule has 3 unspecified atom stereocenters. The molecule has 0 spiro atoms. The summed E-state index contributed by atoms with van der Waals surface area (Å²) in [7, 11) is 0. The van der Waals surface area contributed by atoms with Crippen molar-refractivity contribution in [1.29, 1.82) is 0 Å². The van der Waals surface area contributed by atoms with Gasteiger partial charge in [-0.3, -0.25) is 5.32 Å². The number of fused-ring (bicyclic) bond motifs is 1. The molecule has 0 bridgehead atoms. The number of hydrogen-bond donors (Lipinski definition) is 1. The Morgan fingerprint density at radius 3 is 2.80 bits per heavy atom. The first kappa shape index (κ1) is 6.62. The lowest BCUT2D eigenvalue weighted by atomic mass is 9.85. The van der Waals surface area contributed by atoms with Gasteiger partial charge < -0.3 is 0 Å². The molecule has 3 atom stereocenters. The first-order chi connectivity index (χ1) is 4.86. The van der Waals surface area contributed by atoms with Gasteiger partial charge in [-0.05, 0) is 25.2 Å². The largest absolute Gasteiger partial charge is 0.286 e. The minimum Gasteiger partial charge on any atom is -0.286 e. The van der Waals surface area contributed by atoms with Crippen molar-refractivity contribution < 1.29 is 5.11 Å². The molecule has 1 N–H and O–H groups in total. The van der Waals surface area contributed by atoms with Gasteiger partial charge in [-0.15, -0.1) is 0 Å². The number of nitrogens with one attached hydrogen (secondary N) is 1. The Hall–Kier alpha value is -0.0800. The zero-order chi connectivity index (χ0) is 6.97. The van der Waals surface area contributed by atoms with E-state index in [2.05, 4.69) is 5.32 Å². The summed E-state index contributed by atoms with van der Waals surface area (Å²) in [5.74, 6) is 0.719. The standard InChI is InChI=1S/C8H14NO/c10-8-5-6-3-1-2-4-7(6)9-8/h6-9H,1-5H2. The van der Waals surface area contributed by atoms with Crippen LogP contribution in [0.25, 0.3) is 0 Å². The Balaban J connectivity index is 1.97. The second-order valence-corrected chi connectivity index (χ2v) is 3.54. The van der Waals surface area contributed by atoms with Crippen LogP contribution in [0.4, 0.5) is 0 Å². The Morgan fingerprint density at radius 2 is 2.00 bits per heavy atom. The van der Waals surface area contributed by atoms with Crippen LogP contribution in [-0.2, 0) is 5.11 Å². The van der Waals surface area contributed by atoms with Gasteiger partial charge in [0.05, 0.1) is 0 Å². The van der Waals surface area contributed by atoms with E-state index >= 15 is 0 Å². The minimum absolute atomic E-state index is 0.451. The van der Waals surface area contributed by atoms with Gasteiger partial charge in [0.15, 0.2) is 0 Å². The summed E-state index contributed by atoms with van der Waals surface area (Å²) < 4.78 is 0. The molecule has 2 aliphatic rings. The molecule has 1 radical (unpaired) electrons. The smallest absolute Gasteiger partial charge is 0.144 e. The summed E-state index contributed by atoms with van der Waals surface area (Å²) in [5, 5.41) is 14.1. The molecule has 1 saturated heterocycles. The summed E-state index contributed by atoms with van der Waals surface area (Å²) in [5.41, 5.74) is 0. The molecule has 2 heteroatoms. The highest BCUT2D eigenvalue weighted by Gasteiger charge is 2.34. The molecule has 57 valence electrons. The van der Waals surface area contributed by atoms with Crippen molar-refractivity contribution in [1.82, 2.24) is 5.32 Å². The highest BCUT2D eigenvalue weighted by molar-refractivity contribution is 4.88. The van der Waals surface area contributed by atoms with E-state index in [-0.39, 0.29) is 0 Å². The van der Waals surface area contributed by atoms with Gasteiger partial charge in [-0.25, -0.2) is 5.11 Å². The molecule has 0 aromatic carbocycles. The zero-order valence-electron chi connectivity index (χ0n) is 6.18. The topological polar surface area (TPSA) is 31.9 Å². The third-order valence-electron chi connectivity index (χ3n) is 2.83. The highest BCUT2D eigenvalue weighted by atomic mass is 16.3. The van der Waals surface area contributed by atoms with Gasteiger partial charge in [0, 0.05) is 6.04 Å². The molecule has 0 aromatic rings. The summed E-state index contributed by atoms with van der Waals surface area (Å²) >= 11 is 0. The maximum absolute atomic E-state index is 11.0. The van der Waals surface area contributed by atoms with Crippen molar-refractivity contribution in [2.24, 2.45) is 5.92 Å². The van der Waals surface area contributed by atoms with E-state index in [9.17, 15) is 5.11 Å². The molecule has 1 heterocycles. The van der Waals surface area contributed by atoms with Crippen LogP contribution in [0.3, 0.4) is 0 Å². The van der Waals surface area contributed by atoms with Crippen molar-refractivity contribution in [3.8, 4) is 0 Å². The highest BCUT2D eigenvalue weighted by Crippen LogP contribution is 2.32. The Morgan fingerprint density at radius 1 is 1.20 bits per heavy atom. The second-order valence-electron chi connectivity index (χ2n) is 3.54. The molecular weight excluding hydrogens is 126 g/mol. The molecule has 2 fully saturated rings. The van der Waals surface area contributed by atoms with Crippen LogP contribution in [0.15, 0.2) is 0 Å². The summed E-state index contributed by atoms with van der Waals surface area (Å²) in [6.45, 7) is 0. The molecule has 10 heavy (non-hydrogen) atoms. The van der Waals surface area contributed by atoms with Gasteiger partial charge in [0.2, 0.25) is 0 Å². The van der Waals surface area contributed by atoms with E-state index < -0.39 is 6.23 Å². The Kier molecular flexibility index (Phi) is 1.66. The molecule has 2 rings (SSSR count). The molecule has 0 aromatic heterocycles. The summed E-state index contributed by atoms with van der Waals surface area (Å²) in [6.07, 6.45) is 5.62. The van der Waals surface area contributed by atoms with E-state index in [0.717, 1.165) is 12.3 Å². The average Bonchev–Trinajstić information content (AvgIpc) is 2.27. The maximum Gasteiger partial charge on any atom is 0.144 e. The SMILES string of the molecule is [O]C1CC2CCCCC2N1. The van der Waals surface area contributed by atoms with Gasteiger partial charge in [-0.2, -0.15) is 0 Å². The molecular formula is C8H14NO. The third-order valence-corrected chi connectivity index (χ3v) is 2.83. The first-order valence-electron chi connectivity index (χ1n) is 4.28. The van der Waals surface area contributed by atoms with E-state index in [4.69, 9.17) is 0 Å². The lowest BCUT2D eigenvalue weighted by Gasteiger charge is -2.23. The van der Waals surface area contributed by atoms with E-state index in [1.165, 1.54) is 25.7 Å². The lowest BCUT2D eigenvalue weighted by molar-refractivity contribution is 0.0710. The van der Waals surface area contributed by atoms with Gasteiger partial charge in [0.1, 0.15) is 6.23 Å². The van der Waals surface area contributed by atoms with Gasteiger partial charge in [-0.1, -0.05) is 12.8 Å². The van der Waals surface area contributed by atoms with Crippen LogP contribution in [-0.4, -0.2) is 12.3 Å². The fourth-order valence-electron chi connectivity index (χ4n) is 2.29. The second kappa shape index (κ2) is 2.51. The summed E-state index contributed by atoms with van der Waals surface area (Å²) in [6, 6.07) is 0.580. The predicted octanol–water partition coefficient (Wildman–Crippen LogP) is 1.30. The average molecular weight is 140 g/mol. The molecule has 0 amide bonds. The van der Waals surface area contributed by atoms with Crippen LogP contribution >= 0.6 is 0 Å². The van der Waals surface area contributed by atoms with Gasteiger partial charge in [0.25, 0.3) is 0 Å². The molecule has 2 nitrogen and oxygen atoms in total. The van der Waals surface area contributed by atoms with Crippen LogP contribution < -0.4 is 5.32 Å². The third kappa shape index (κ3) is 1.06. The number of rotatable bonds is 0. The van der Waals surface area contributed by atoms with Crippen LogP contribution in [0.2, 0.25) is 0 Å². The van der Waals surface area contributed by atoms with Crippen LogP contribution in [0.5, 0.6) is 0 Å². The Bertz CT molecular complexity index is 112. The van der Waals surface area contributed by atoms with Crippen molar-refractivity contribution in [2.75, 3.05) is 0 Å². The van der Waals surface area contributed by atoms with Crippen molar-refractivity contribution >= 4 is 0 Å². The summed E-state index contributed by atoms with van der Waals surface area (Å²) in [4.78, 5) is 0. The van der Waals surface area contributed by atoms with Crippen molar-refractivity contribution in [3.05, 3.63) is 0 Å². The Labute approximate surface area is 61.6 Å². The fraction of sp³-hybridized carbons (Fsp3) is 1.00. The van der Waals surface area contributed by atoms with Crippen molar-refractivity contribution in [2.45, 2.75) is 44.4 Å². The van der Waals surface area contributed by atoms with E-state index in [0.29, 0.717) is 6.04 Å².